The Morgan fingerprint density at radius 3 is 2.42 bits per heavy atom. The Morgan fingerprint density at radius 1 is 1.16 bits per heavy atom. The molecule has 0 fully saturated rings. The highest BCUT2D eigenvalue weighted by molar-refractivity contribution is 5.22. The Kier molecular flexibility index (Phi) is 5.85. The first kappa shape index (κ1) is 16.0. The van der Waals surface area contributed by atoms with E-state index in [1.807, 2.05) is 26.0 Å². The molecule has 1 N–H and O–H groups in total. The van der Waals surface area contributed by atoms with Gasteiger partial charge in [-0.3, -0.25) is 0 Å². The van der Waals surface area contributed by atoms with E-state index in [9.17, 15) is 13.2 Å². The van der Waals surface area contributed by atoms with Crippen molar-refractivity contribution in [2.24, 2.45) is 0 Å². The summed E-state index contributed by atoms with van der Waals surface area (Å²) < 4.78 is 36.6. The normalized spacial score (nSPS) is 15.3. The van der Waals surface area contributed by atoms with Gasteiger partial charge in [-0.05, 0) is 39.2 Å². The van der Waals surface area contributed by atoms with E-state index >= 15 is 0 Å². The Balaban J connectivity index is 2.33. The molecule has 0 bridgehead atoms. The Morgan fingerprint density at radius 2 is 1.84 bits per heavy atom. The van der Waals surface area contributed by atoms with Crippen LogP contribution in [-0.4, -0.2) is 18.3 Å². The lowest BCUT2D eigenvalue weighted by Gasteiger charge is -2.21. The molecule has 19 heavy (non-hydrogen) atoms. The van der Waals surface area contributed by atoms with E-state index in [4.69, 9.17) is 0 Å². The van der Waals surface area contributed by atoms with Crippen molar-refractivity contribution in [2.45, 2.75) is 58.3 Å². The van der Waals surface area contributed by atoms with Gasteiger partial charge in [-0.15, -0.1) is 0 Å². The van der Waals surface area contributed by atoms with Gasteiger partial charge in [-0.25, -0.2) is 0 Å². The summed E-state index contributed by atoms with van der Waals surface area (Å²) in [5.74, 6) is 0. The number of benzene rings is 1. The second-order valence-corrected chi connectivity index (χ2v) is 5.32. The van der Waals surface area contributed by atoms with Crippen molar-refractivity contribution in [1.82, 2.24) is 5.32 Å². The summed E-state index contributed by atoms with van der Waals surface area (Å²) in [6.45, 7) is 5.55. The SMILES string of the molecule is Cc1cccc(CCC(C)NC(C)CC(F)(F)F)c1. The van der Waals surface area contributed by atoms with Gasteiger partial charge >= 0.3 is 6.18 Å². The Labute approximate surface area is 113 Å². The summed E-state index contributed by atoms with van der Waals surface area (Å²) in [6.07, 6.45) is -3.15. The second-order valence-electron chi connectivity index (χ2n) is 5.32. The molecule has 0 aromatic heterocycles. The molecular formula is C15H22F3N. The molecule has 1 rings (SSSR count). The monoisotopic (exact) mass is 273 g/mol. The lowest BCUT2D eigenvalue weighted by atomic mass is 10.0. The summed E-state index contributed by atoms with van der Waals surface area (Å²) in [6, 6.07) is 7.77. The van der Waals surface area contributed by atoms with E-state index in [0.717, 1.165) is 12.8 Å². The van der Waals surface area contributed by atoms with Gasteiger partial charge < -0.3 is 5.32 Å². The van der Waals surface area contributed by atoms with E-state index in [-0.39, 0.29) is 6.04 Å². The van der Waals surface area contributed by atoms with Gasteiger partial charge in [-0.2, -0.15) is 13.2 Å². The summed E-state index contributed by atoms with van der Waals surface area (Å²) in [5, 5.41) is 3.00. The van der Waals surface area contributed by atoms with Gasteiger partial charge in [0.15, 0.2) is 0 Å². The molecule has 0 radical (unpaired) electrons. The molecule has 108 valence electrons. The maximum absolute atomic E-state index is 12.2. The maximum Gasteiger partial charge on any atom is 0.390 e. The number of alkyl halides is 3. The third-order valence-electron chi connectivity index (χ3n) is 3.06. The minimum absolute atomic E-state index is 0.0814. The highest BCUT2D eigenvalue weighted by atomic mass is 19.4. The van der Waals surface area contributed by atoms with Crippen LogP contribution in [0.4, 0.5) is 13.2 Å². The number of halogens is 3. The smallest absolute Gasteiger partial charge is 0.311 e. The second kappa shape index (κ2) is 6.94. The van der Waals surface area contributed by atoms with Crippen molar-refractivity contribution >= 4 is 0 Å². The van der Waals surface area contributed by atoms with Crippen molar-refractivity contribution in [1.29, 1.82) is 0 Å². The average molecular weight is 273 g/mol. The molecule has 0 saturated carbocycles. The number of aryl methyl sites for hydroxylation is 2. The Hall–Kier alpha value is -1.03. The summed E-state index contributed by atoms with van der Waals surface area (Å²) in [5.41, 5.74) is 2.45. The van der Waals surface area contributed by atoms with Gasteiger partial charge in [0.1, 0.15) is 0 Å². The zero-order valence-corrected chi connectivity index (χ0v) is 11.7. The molecule has 0 aliphatic rings. The van der Waals surface area contributed by atoms with Gasteiger partial charge in [0.25, 0.3) is 0 Å². The number of hydrogen-bond donors (Lipinski definition) is 1. The van der Waals surface area contributed by atoms with Crippen LogP contribution >= 0.6 is 0 Å². The number of hydrogen-bond acceptors (Lipinski definition) is 1. The molecule has 0 heterocycles. The van der Waals surface area contributed by atoms with Crippen molar-refractivity contribution in [3.05, 3.63) is 35.4 Å². The maximum atomic E-state index is 12.2. The molecule has 0 spiro atoms. The van der Waals surface area contributed by atoms with Gasteiger partial charge in [0.05, 0.1) is 6.42 Å². The lowest BCUT2D eigenvalue weighted by molar-refractivity contribution is -0.139. The van der Waals surface area contributed by atoms with Gasteiger partial charge in [0.2, 0.25) is 0 Å². The predicted octanol–water partition coefficient (Wildman–Crippen LogP) is 4.25. The summed E-state index contributed by atoms with van der Waals surface area (Å²) in [4.78, 5) is 0. The van der Waals surface area contributed by atoms with Crippen molar-refractivity contribution in [3.8, 4) is 0 Å². The van der Waals surface area contributed by atoms with E-state index in [1.54, 1.807) is 6.92 Å². The fourth-order valence-electron chi connectivity index (χ4n) is 2.23. The van der Waals surface area contributed by atoms with Crippen LogP contribution in [0.25, 0.3) is 0 Å². The van der Waals surface area contributed by atoms with Gasteiger partial charge in [0, 0.05) is 12.1 Å². The number of nitrogens with one attached hydrogen (secondary N) is 1. The van der Waals surface area contributed by atoms with E-state index < -0.39 is 18.6 Å². The van der Waals surface area contributed by atoms with E-state index in [0.29, 0.717) is 0 Å². The van der Waals surface area contributed by atoms with Crippen molar-refractivity contribution < 1.29 is 13.2 Å². The highest BCUT2D eigenvalue weighted by Gasteiger charge is 2.30. The quantitative estimate of drug-likeness (QED) is 0.817. The van der Waals surface area contributed by atoms with Crippen molar-refractivity contribution in [3.63, 3.8) is 0 Å². The van der Waals surface area contributed by atoms with E-state index in [1.165, 1.54) is 11.1 Å². The van der Waals surface area contributed by atoms with Crippen LogP contribution in [-0.2, 0) is 6.42 Å². The first-order chi connectivity index (χ1) is 8.76. The molecular weight excluding hydrogens is 251 g/mol. The van der Waals surface area contributed by atoms with E-state index in [2.05, 4.69) is 17.4 Å². The lowest BCUT2D eigenvalue weighted by Crippen LogP contribution is -2.37. The Bertz CT molecular complexity index is 387. The zero-order valence-electron chi connectivity index (χ0n) is 11.7. The molecule has 0 amide bonds. The molecule has 2 atom stereocenters. The third kappa shape index (κ3) is 7.21. The minimum Gasteiger partial charge on any atom is -0.311 e. The van der Waals surface area contributed by atoms with Crippen LogP contribution in [0.1, 0.15) is 37.8 Å². The molecule has 1 aromatic rings. The highest BCUT2D eigenvalue weighted by Crippen LogP contribution is 2.21. The predicted molar refractivity (Wildman–Crippen MR) is 72.2 cm³/mol. The standard InChI is InChI=1S/C15H22F3N/c1-11-5-4-6-14(9-11)8-7-12(2)19-13(3)10-15(16,17)18/h4-6,9,12-13,19H,7-8,10H2,1-3H3. The van der Waals surface area contributed by atoms with Gasteiger partial charge in [-0.1, -0.05) is 29.8 Å². The molecule has 4 heteroatoms. The summed E-state index contributed by atoms with van der Waals surface area (Å²) in [7, 11) is 0. The van der Waals surface area contributed by atoms with Crippen LogP contribution in [0, 0.1) is 6.92 Å². The number of rotatable bonds is 6. The van der Waals surface area contributed by atoms with Crippen LogP contribution < -0.4 is 5.32 Å². The minimum atomic E-state index is -4.09. The largest absolute Gasteiger partial charge is 0.390 e. The van der Waals surface area contributed by atoms with Crippen LogP contribution in [0.15, 0.2) is 24.3 Å². The molecule has 1 nitrogen and oxygen atoms in total. The fraction of sp³-hybridized carbons (Fsp3) is 0.600. The first-order valence-electron chi connectivity index (χ1n) is 6.64. The zero-order chi connectivity index (χ0) is 14.5. The van der Waals surface area contributed by atoms with Crippen LogP contribution in [0.3, 0.4) is 0 Å². The molecule has 2 unspecified atom stereocenters. The van der Waals surface area contributed by atoms with Crippen molar-refractivity contribution in [2.75, 3.05) is 0 Å². The topological polar surface area (TPSA) is 12.0 Å². The fourth-order valence-corrected chi connectivity index (χ4v) is 2.23. The molecule has 0 aliphatic heterocycles. The van der Waals surface area contributed by atoms with Crippen LogP contribution in [0.2, 0.25) is 0 Å². The first-order valence-corrected chi connectivity index (χ1v) is 6.64. The third-order valence-corrected chi connectivity index (χ3v) is 3.06. The molecule has 0 aliphatic carbocycles. The molecule has 0 saturated heterocycles. The molecule has 1 aromatic carbocycles. The average Bonchev–Trinajstić information content (AvgIpc) is 2.23. The summed E-state index contributed by atoms with van der Waals surface area (Å²) >= 11 is 0. The van der Waals surface area contributed by atoms with Crippen LogP contribution in [0.5, 0.6) is 0 Å².